The van der Waals surface area contributed by atoms with Crippen molar-refractivity contribution in [3.8, 4) is 11.8 Å². The molecule has 21 heavy (non-hydrogen) atoms. The van der Waals surface area contributed by atoms with E-state index in [0.717, 1.165) is 5.69 Å². The number of phenols is 1. The first-order valence-corrected chi connectivity index (χ1v) is 6.86. The molecule has 1 aromatic heterocycles. The summed E-state index contributed by atoms with van der Waals surface area (Å²) in [6.45, 7) is 1.85. The topological polar surface area (TPSA) is 98.0 Å². The highest BCUT2D eigenvalue weighted by molar-refractivity contribution is 7.13. The van der Waals surface area contributed by atoms with Crippen LogP contribution in [-0.4, -0.2) is 16.0 Å². The molecule has 0 atom stereocenters. The van der Waals surface area contributed by atoms with Gasteiger partial charge in [0.2, 0.25) is 0 Å². The second-order valence-corrected chi connectivity index (χ2v) is 4.94. The van der Waals surface area contributed by atoms with Crippen LogP contribution in [0.1, 0.15) is 5.69 Å². The van der Waals surface area contributed by atoms with E-state index in [1.165, 1.54) is 23.6 Å². The van der Waals surface area contributed by atoms with E-state index in [1.807, 2.05) is 12.3 Å². The van der Waals surface area contributed by atoms with E-state index in [9.17, 15) is 9.90 Å². The highest BCUT2D eigenvalue weighted by atomic mass is 32.1. The van der Waals surface area contributed by atoms with Crippen LogP contribution in [0.3, 0.4) is 0 Å². The van der Waals surface area contributed by atoms with E-state index in [-0.39, 0.29) is 17.0 Å². The van der Waals surface area contributed by atoms with Crippen molar-refractivity contribution >= 4 is 28.1 Å². The predicted molar refractivity (Wildman–Crippen MR) is 80.9 cm³/mol. The quantitative estimate of drug-likeness (QED) is 0.458. The minimum Gasteiger partial charge on any atom is -0.506 e. The van der Waals surface area contributed by atoms with E-state index in [1.54, 1.807) is 24.3 Å². The maximum atomic E-state index is 12.0. The van der Waals surface area contributed by atoms with Crippen LogP contribution in [-0.2, 0) is 4.79 Å². The molecular formula is C14H12N4O2S. The fraction of sp³-hybridized carbons (Fsp3) is 0.0714. The Balaban J connectivity index is 2.08. The van der Waals surface area contributed by atoms with Crippen molar-refractivity contribution in [1.82, 2.24) is 4.98 Å². The zero-order chi connectivity index (χ0) is 15.2. The molecule has 3 N–H and O–H groups in total. The first-order chi connectivity index (χ1) is 10.1. The molecular weight excluding hydrogens is 288 g/mol. The van der Waals surface area contributed by atoms with Crippen molar-refractivity contribution in [2.75, 3.05) is 10.6 Å². The monoisotopic (exact) mass is 300 g/mol. The number of carbonyl (C=O) groups is 1. The summed E-state index contributed by atoms with van der Waals surface area (Å²) in [6.07, 6.45) is 1.29. The van der Waals surface area contributed by atoms with E-state index in [0.29, 0.717) is 5.13 Å². The zero-order valence-electron chi connectivity index (χ0n) is 11.1. The first-order valence-electron chi connectivity index (χ1n) is 5.98. The number of aromatic nitrogens is 1. The number of hydrogen-bond acceptors (Lipinski definition) is 6. The Morgan fingerprint density at radius 3 is 2.86 bits per heavy atom. The number of benzene rings is 1. The van der Waals surface area contributed by atoms with Crippen molar-refractivity contribution < 1.29 is 9.90 Å². The standard InChI is InChI=1S/C14H12N4O2S/c1-9-8-21-14(17-9)16-7-10(6-15)13(20)18-11-4-2-3-5-12(11)19/h2-5,7-8,19H,1H3,(H,16,17)(H,18,20)/b10-7-. The fourth-order valence-electron chi connectivity index (χ4n) is 1.47. The van der Waals surface area contributed by atoms with Crippen molar-refractivity contribution in [2.45, 2.75) is 6.92 Å². The van der Waals surface area contributed by atoms with Gasteiger partial charge in [-0.15, -0.1) is 11.3 Å². The molecule has 0 aliphatic heterocycles. The van der Waals surface area contributed by atoms with Crippen LogP contribution in [0.15, 0.2) is 41.4 Å². The number of hydrogen-bond donors (Lipinski definition) is 3. The van der Waals surface area contributed by atoms with E-state index in [2.05, 4.69) is 15.6 Å². The number of aryl methyl sites for hydroxylation is 1. The molecule has 0 bridgehead atoms. The van der Waals surface area contributed by atoms with Crippen LogP contribution in [0.2, 0.25) is 0 Å². The summed E-state index contributed by atoms with van der Waals surface area (Å²) in [5.74, 6) is -0.675. The Kier molecular flexibility index (Phi) is 4.53. The molecule has 0 unspecified atom stereocenters. The van der Waals surface area contributed by atoms with Gasteiger partial charge in [0.1, 0.15) is 17.4 Å². The van der Waals surface area contributed by atoms with E-state index < -0.39 is 5.91 Å². The van der Waals surface area contributed by atoms with Crippen LogP contribution in [0.4, 0.5) is 10.8 Å². The molecule has 0 aliphatic rings. The summed E-state index contributed by atoms with van der Waals surface area (Å²) in [4.78, 5) is 16.1. The molecule has 106 valence electrons. The minimum atomic E-state index is -0.611. The Bertz CT molecular complexity index is 731. The lowest BCUT2D eigenvalue weighted by Crippen LogP contribution is -2.14. The first kappa shape index (κ1) is 14.6. The van der Waals surface area contributed by atoms with Gasteiger partial charge in [-0.05, 0) is 19.1 Å². The van der Waals surface area contributed by atoms with Crippen LogP contribution in [0, 0.1) is 18.3 Å². The lowest BCUT2D eigenvalue weighted by atomic mass is 10.2. The number of phenolic OH excluding ortho intramolecular Hbond substituents is 1. The molecule has 2 aromatic rings. The van der Waals surface area contributed by atoms with E-state index in [4.69, 9.17) is 5.26 Å². The Morgan fingerprint density at radius 2 is 2.24 bits per heavy atom. The van der Waals surface area contributed by atoms with Gasteiger partial charge in [-0.25, -0.2) is 4.98 Å². The fourth-order valence-corrected chi connectivity index (χ4v) is 2.13. The van der Waals surface area contributed by atoms with Crippen molar-refractivity contribution in [3.05, 3.63) is 47.1 Å². The Labute approximate surface area is 125 Å². The molecule has 1 amide bonds. The van der Waals surface area contributed by atoms with Crippen LogP contribution in [0.25, 0.3) is 0 Å². The molecule has 7 heteroatoms. The van der Waals surface area contributed by atoms with Gasteiger partial charge in [-0.2, -0.15) is 5.26 Å². The largest absolute Gasteiger partial charge is 0.506 e. The molecule has 0 saturated heterocycles. The van der Waals surface area contributed by atoms with Gasteiger partial charge < -0.3 is 15.7 Å². The number of carbonyl (C=O) groups excluding carboxylic acids is 1. The molecule has 0 fully saturated rings. The third-order valence-electron chi connectivity index (χ3n) is 2.48. The van der Waals surface area contributed by atoms with Gasteiger partial charge in [0.15, 0.2) is 5.13 Å². The number of nitriles is 1. The van der Waals surface area contributed by atoms with Gasteiger partial charge in [0, 0.05) is 11.6 Å². The van der Waals surface area contributed by atoms with Crippen molar-refractivity contribution in [1.29, 1.82) is 5.26 Å². The van der Waals surface area contributed by atoms with Crippen molar-refractivity contribution in [2.24, 2.45) is 0 Å². The van der Waals surface area contributed by atoms with Gasteiger partial charge in [0.05, 0.1) is 11.4 Å². The summed E-state index contributed by atoms with van der Waals surface area (Å²) in [6, 6.07) is 8.09. The molecule has 1 aromatic carbocycles. The second kappa shape index (κ2) is 6.54. The van der Waals surface area contributed by atoms with Gasteiger partial charge in [-0.1, -0.05) is 12.1 Å². The van der Waals surface area contributed by atoms with Gasteiger partial charge in [-0.3, -0.25) is 4.79 Å². The smallest absolute Gasteiger partial charge is 0.267 e. The van der Waals surface area contributed by atoms with E-state index >= 15 is 0 Å². The molecule has 2 rings (SSSR count). The summed E-state index contributed by atoms with van der Waals surface area (Å²) < 4.78 is 0. The lowest BCUT2D eigenvalue weighted by molar-refractivity contribution is -0.112. The summed E-state index contributed by atoms with van der Waals surface area (Å²) in [7, 11) is 0. The zero-order valence-corrected chi connectivity index (χ0v) is 11.9. The number of amides is 1. The number of nitrogens with one attached hydrogen (secondary N) is 2. The third-order valence-corrected chi connectivity index (χ3v) is 3.37. The number of aromatic hydroxyl groups is 1. The molecule has 0 spiro atoms. The average Bonchev–Trinajstić information content (AvgIpc) is 2.88. The lowest BCUT2D eigenvalue weighted by Gasteiger charge is -2.06. The summed E-state index contributed by atoms with van der Waals surface area (Å²) in [5.41, 5.74) is 0.980. The molecule has 1 heterocycles. The maximum Gasteiger partial charge on any atom is 0.267 e. The molecule has 0 saturated carbocycles. The maximum absolute atomic E-state index is 12.0. The second-order valence-electron chi connectivity index (χ2n) is 4.08. The average molecular weight is 300 g/mol. The number of para-hydroxylation sites is 2. The van der Waals surface area contributed by atoms with Gasteiger partial charge >= 0.3 is 0 Å². The van der Waals surface area contributed by atoms with Gasteiger partial charge in [0.25, 0.3) is 5.91 Å². The van der Waals surface area contributed by atoms with Crippen LogP contribution >= 0.6 is 11.3 Å². The molecule has 0 radical (unpaired) electrons. The number of thiazole rings is 1. The number of anilines is 2. The number of rotatable bonds is 4. The molecule has 0 aliphatic carbocycles. The highest BCUT2D eigenvalue weighted by Crippen LogP contribution is 2.22. The van der Waals surface area contributed by atoms with Crippen LogP contribution < -0.4 is 10.6 Å². The predicted octanol–water partition coefficient (Wildman–Crippen LogP) is 2.62. The van der Waals surface area contributed by atoms with Crippen LogP contribution in [0.5, 0.6) is 5.75 Å². The summed E-state index contributed by atoms with van der Waals surface area (Å²) >= 11 is 1.37. The minimum absolute atomic E-state index is 0.0633. The highest BCUT2D eigenvalue weighted by Gasteiger charge is 2.11. The summed E-state index contributed by atoms with van der Waals surface area (Å²) in [5, 5.41) is 26.3. The molecule has 6 nitrogen and oxygen atoms in total. The SMILES string of the molecule is Cc1csc(N/C=C(/C#N)C(=O)Nc2ccccc2O)n1. The Hall–Kier alpha value is -2.85. The normalized spacial score (nSPS) is 10.8. The third kappa shape index (κ3) is 3.81. The number of nitrogens with zero attached hydrogens (tertiary/aromatic N) is 2. The Morgan fingerprint density at radius 1 is 1.48 bits per heavy atom. The van der Waals surface area contributed by atoms with Crippen molar-refractivity contribution in [3.63, 3.8) is 0 Å².